The zero-order valence-electron chi connectivity index (χ0n) is 11.4. The van der Waals surface area contributed by atoms with Crippen LogP contribution in [0.4, 0.5) is 0 Å². The molecule has 0 atom stereocenters. The first-order valence-electron chi connectivity index (χ1n) is 6.50. The van der Waals surface area contributed by atoms with E-state index in [1.165, 1.54) is 12.1 Å². The van der Waals surface area contributed by atoms with Crippen molar-refractivity contribution in [2.75, 3.05) is 6.54 Å². The molecule has 0 aliphatic carbocycles. The van der Waals surface area contributed by atoms with Crippen molar-refractivity contribution in [1.29, 1.82) is 0 Å². The number of fused-ring (bicyclic) bond motifs is 1. The largest absolute Gasteiger partial charge is 0.742 e. The highest BCUT2D eigenvalue weighted by Crippen LogP contribution is 2.20. The normalized spacial score (nSPS) is 15.9. The Morgan fingerprint density at radius 2 is 2.24 bits per heavy atom. The van der Waals surface area contributed by atoms with Crippen LogP contribution in [0.2, 0.25) is 0 Å². The molecule has 0 unspecified atom stereocenters. The molecule has 1 aliphatic rings. The summed E-state index contributed by atoms with van der Waals surface area (Å²) in [5.74, 6) is 1.22. The Morgan fingerprint density at radius 1 is 1.43 bits per heavy atom. The van der Waals surface area contributed by atoms with Gasteiger partial charge in [0.05, 0.1) is 6.54 Å². The number of aryl methyl sites for hydroxylation is 1. The van der Waals surface area contributed by atoms with E-state index in [1.54, 1.807) is 0 Å². The monoisotopic (exact) mass is 308 g/mol. The van der Waals surface area contributed by atoms with Crippen LogP contribution in [0.5, 0.6) is 0 Å². The molecule has 0 amide bonds. The predicted molar refractivity (Wildman–Crippen MR) is 71.3 cm³/mol. The van der Waals surface area contributed by atoms with Crippen LogP contribution in [0.25, 0.3) is 0 Å². The fourth-order valence-corrected chi connectivity index (χ4v) is 2.85. The Labute approximate surface area is 122 Å². The lowest BCUT2D eigenvalue weighted by Crippen LogP contribution is -2.30. The molecule has 112 valence electrons. The zero-order valence-corrected chi connectivity index (χ0v) is 12.3. The highest BCUT2D eigenvalue weighted by Gasteiger charge is 2.19. The van der Waals surface area contributed by atoms with Crippen molar-refractivity contribution in [2.24, 2.45) is 0 Å². The average Bonchev–Trinajstić information content (AvgIpc) is 2.87. The van der Waals surface area contributed by atoms with Crippen molar-refractivity contribution in [3.8, 4) is 0 Å². The lowest BCUT2D eigenvalue weighted by Gasteiger charge is -2.27. The second-order valence-corrected chi connectivity index (χ2v) is 6.34. The fourth-order valence-electron chi connectivity index (χ4n) is 2.41. The molecule has 0 saturated carbocycles. The molecule has 0 aromatic carbocycles. The first kappa shape index (κ1) is 14.2. The van der Waals surface area contributed by atoms with Crippen molar-refractivity contribution in [3.05, 3.63) is 41.2 Å². The topological polar surface area (TPSA) is 99.4 Å². The Hall–Kier alpha value is -1.77. The molecule has 0 bridgehead atoms. The van der Waals surface area contributed by atoms with Crippen LogP contribution in [0.15, 0.2) is 27.8 Å². The molecule has 21 heavy (non-hydrogen) atoms. The number of hydrogen-bond acceptors (Lipinski definition) is 7. The smallest absolute Gasteiger partial charge is 0.205 e. The summed E-state index contributed by atoms with van der Waals surface area (Å²) in [5.41, 5.74) is 2.12. The van der Waals surface area contributed by atoms with Crippen LogP contribution in [0, 0.1) is 6.92 Å². The van der Waals surface area contributed by atoms with Gasteiger partial charge in [0, 0.05) is 37.0 Å². The highest BCUT2D eigenvalue weighted by atomic mass is 32.2. The molecule has 3 rings (SSSR count). The SMILES string of the molecule is Cc1ncc2c(n1)CCN(Cc1ccc(S(=O)(=O)[O-])o1)C2. The molecule has 0 spiro atoms. The minimum atomic E-state index is -4.53. The van der Waals surface area contributed by atoms with Gasteiger partial charge < -0.3 is 8.97 Å². The maximum absolute atomic E-state index is 10.9. The lowest BCUT2D eigenvalue weighted by atomic mass is 10.1. The highest BCUT2D eigenvalue weighted by molar-refractivity contribution is 7.85. The van der Waals surface area contributed by atoms with E-state index in [1.807, 2.05) is 13.1 Å². The number of aromatic nitrogens is 2. The molecule has 7 nitrogen and oxygen atoms in total. The summed E-state index contributed by atoms with van der Waals surface area (Å²) in [7, 11) is -4.53. The van der Waals surface area contributed by atoms with E-state index >= 15 is 0 Å². The van der Waals surface area contributed by atoms with Crippen molar-refractivity contribution in [3.63, 3.8) is 0 Å². The van der Waals surface area contributed by atoms with E-state index in [9.17, 15) is 13.0 Å². The van der Waals surface area contributed by atoms with Crippen LogP contribution in [0.1, 0.15) is 22.8 Å². The Kier molecular flexibility index (Phi) is 3.52. The van der Waals surface area contributed by atoms with Crippen molar-refractivity contribution in [1.82, 2.24) is 14.9 Å². The third kappa shape index (κ3) is 3.12. The van der Waals surface area contributed by atoms with Crippen molar-refractivity contribution < 1.29 is 17.4 Å². The van der Waals surface area contributed by atoms with Crippen molar-refractivity contribution in [2.45, 2.75) is 31.5 Å². The molecule has 2 aromatic heterocycles. The number of rotatable bonds is 3. The predicted octanol–water partition coefficient (Wildman–Crippen LogP) is 0.840. The molecule has 0 saturated heterocycles. The maximum atomic E-state index is 10.9. The lowest BCUT2D eigenvalue weighted by molar-refractivity contribution is 0.216. The molecular weight excluding hydrogens is 294 g/mol. The van der Waals surface area contributed by atoms with E-state index in [2.05, 4.69) is 14.9 Å². The fraction of sp³-hybridized carbons (Fsp3) is 0.385. The molecule has 8 heteroatoms. The standard InChI is InChI=1S/C13H15N3O4S/c1-9-14-6-10-7-16(5-4-12(10)15-9)8-11-2-3-13(20-11)21(17,18)19/h2-3,6H,4-5,7-8H2,1H3,(H,17,18,19)/p-1. The van der Waals surface area contributed by atoms with Crippen LogP contribution in [-0.4, -0.2) is 34.4 Å². The number of hydrogen-bond donors (Lipinski definition) is 0. The van der Waals surface area contributed by atoms with Gasteiger partial charge in [-0.2, -0.15) is 0 Å². The first-order chi connectivity index (χ1) is 9.91. The molecule has 2 aromatic rings. The van der Waals surface area contributed by atoms with Gasteiger partial charge in [0.25, 0.3) is 0 Å². The molecule has 0 fully saturated rings. The van der Waals surface area contributed by atoms with Gasteiger partial charge in [0.2, 0.25) is 5.09 Å². The van der Waals surface area contributed by atoms with Gasteiger partial charge in [-0.25, -0.2) is 18.4 Å². The van der Waals surface area contributed by atoms with Gasteiger partial charge in [-0.15, -0.1) is 0 Å². The van der Waals surface area contributed by atoms with Gasteiger partial charge in [-0.3, -0.25) is 4.90 Å². The van der Waals surface area contributed by atoms with Gasteiger partial charge in [0.1, 0.15) is 11.6 Å². The summed E-state index contributed by atoms with van der Waals surface area (Å²) in [6.07, 6.45) is 2.63. The van der Waals surface area contributed by atoms with E-state index in [0.717, 1.165) is 30.0 Å². The Balaban J connectivity index is 1.73. The van der Waals surface area contributed by atoms with E-state index in [-0.39, 0.29) is 0 Å². The Bertz CT molecular complexity index is 769. The van der Waals surface area contributed by atoms with Crippen LogP contribution in [0.3, 0.4) is 0 Å². The second kappa shape index (κ2) is 5.21. The average molecular weight is 308 g/mol. The number of nitrogens with zero attached hydrogens (tertiary/aromatic N) is 3. The van der Waals surface area contributed by atoms with E-state index in [4.69, 9.17) is 4.42 Å². The van der Waals surface area contributed by atoms with E-state index in [0.29, 0.717) is 18.8 Å². The minimum Gasteiger partial charge on any atom is -0.742 e. The first-order valence-corrected chi connectivity index (χ1v) is 7.91. The van der Waals surface area contributed by atoms with Gasteiger partial charge in [0.15, 0.2) is 10.1 Å². The summed E-state index contributed by atoms with van der Waals surface area (Å²) in [6.45, 7) is 3.78. The minimum absolute atomic E-state index is 0.447. The van der Waals surface area contributed by atoms with Crippen molar-refractivity contribution >= 4 is 10.1 Å². The quantitative estimate of drug-likeness (QED) is 0.775. The molecular formula is C13H14N3O4S-. The molecule has 1 aliphatic heterocycles. The van der Waals surface area contributed by atoms with Gasteiger partial charge >= 0.3 is 0 Å². The summed E-state index contributed by atoms with van der Waals surface area (Å²) in [4.78, 5) is 10.7. The zero-order chi connectivity index (χ0) is 15.0. The summed E-state index contributed by atoms with van der Waals surface area (Å²) in [6, 6.07) is 2.72. The van der Waals surface area contributed by atoms with E-state index < -0.39 is 15.2 Å². The summed E-state index contributed by atoms with van der Waals surface area (Å²) in [5, 5.41) is -0.533. The molecule has 0 N–H and O–H groups in total. The Morgan fingerprint density at radius 3 is 2.95 bits per heavy atom. The third-order valence-corrected chi connectivity index (χ3v) is 4.11. The third-order valence-electron chi connectivity index (χ3n) is 3.40. The summed E-state index contributed by atoms with van der Waals surface area (Å²) >= 11 is 0. The van der Waals surface area contributed by atoms with Gasteiger partial charge in [-0.1, -0.05) is 0 Å². The second-order valence-electron chi connectivity index (χ2n) is 5.02. The van der Waals surface area contributed by atoms with Gasteiger partial charge in [-0.05, 0) is 19.1 Å². The molecule has 0 radical (unpaired) electrons. The summed E-state index contributed by atoms with van der Waals surface area (Å²) < 4.78 is 37.6. The van der Waals surface area contributed by atoms with Crippen LogP contribution < -0.4 is 0 Å². The van der Waals surface area contributed by atoms with Crippen LogP contribution >= 0.6 is 0 Å². The maximum Gasteiger partial charge on any atom is 0.205 e. The van der Waals surface area contributed by atoms with Crippen LogP contribution in [-0.2, 0) is 29.6 Å². The number of furan rings is 1. The molecule has 3 heterocycles.